The molecule has 17 heavy (non-hydrogen) atoms. The lowest BCUT2D eigenvalue weighted by molar-refractivity contribution is 0.0698. The molecule has 1 amide bonds. The number of piperidine rings is 1. The summed E-state index contributed by atoms with van der Waals surface area (Å²) in [4.78, 5) is 14.7. The zero-order valence-corrected chi connectivity index (χ0v) is 11.8. The van der Waals surface area contributed by atoms with Crippen molar-refractivity contribution in [2.75, 3.05) is 19.6 Å². The zero-order chi connectivity index (χ0) is 11.5. The normalized spacial score (nSPS) is 16.7. The summed E-state index contributed by atoms with van der Waals surface area (Å²) in [5.41, 5.74) is 5.62. The maximum absolute atomic E-state index is 12.1. The van der Waals surface area contributed by atoms with Crippen molar-refractivity contribution in [1.29, 1.82) is 0 Å². The lowest BCUT2D eigenvalue weighted by atomic mass is 9.97. The molecule has 0 radical (unpaired) electrons. The van der Waals surface area contributed by atoms with Crippen LogP contribution in [-0.4, -0.2) is 30.4 Å². The molecule has 0 bridgehead atoms. The van der Waals surface area contributed by atoms with E-state index >= 15 is 0 Å². The third-order valence-corrected chi connectivity index (χ3v) is 4.24. The number of carbonyl (C=O) groups is 1. The Bertz CT molecular complexity index is 375. The molecule has 1 saturated heterocycles. The Morgan fingerprint density at radius 2 is 2.12 bits per heavy atom. The summed E-state index contributed by atoms with van der Waals surface area (Å²) in [5.74, 6) is 0.684. The van der Waals surface area contributed by atoms with E-state index < -0.39 is 0 Å². The molecule has 0 atom stereocenters. The van der Waals surface area contributed by atoms with Gasteiger partial charge in [-0.15, -0.1) is 23.7 Å². The van der Waals surface area contributed by atoms with Gasteiger partial charge in [-0.1, -0.05) is 11.6 Å². The number of nitrogens with zero attached hydrogens (tertiary/aromatic N) is 1. The molecular weight excluding hydrogens is 279 g/mol. The topological polar surface area (TPSA) is 46.3 Å². The Hall–Kier alpha value is -0.290. The van der Waals surface area contributed by atoms with Crippen LogP contribution in [0.5, 0.6) is 0 Å². The second-order valence-corrected chi connectivity index (χ2v) is 5.79. The molecule has 1 fully saturated rings. The SMILES string of the molecule is Cl.NCC1CCN(C(=O)c2ccc(Cl)s2)CC1. The van der Waals surface area contributed by atoms with Crippen molar-refractivity contribution >= 4 is 41.3 Å². The predicted octanol–water partition coefficient (Wildman–Crippen LogP) is 2.63. The highest BCUT2D eigenvalue weighted by Crippen LogP contribution is 2.24. The van der Waals surface area contributed by atoms with Crippen molar-refractivity contribution in [2.45, 2.75) is 12.8 Å². The van der Waals surface area contributed by atoms with Crippen molar-refractivity contribution in [3.05, 3.63) is 21.3 Å². The minimum absolute atomic E-state index is 0. The number of amides is 1. The largest absolute Gasteiger partial charge is 0.338 e. The quantitative estimate of drug-likeness (QED) is 0.911. The van der Waals surface area contributed by atoms with Gasteiger partial charge in [0.15, 0.2) is 0 Å². The van der Waals surface area contributed by atoms with Gasteiger partial charge in [0, 0.05) is 13.1 Å². The molecule has 1 aromatic rings. The summed E-state index contributed by atoms with van der Waals surface area (Å²) in [7, 11) is 0. The number of hydrogen-bond donors (Lipinski definition) is 1. The molecule has 0 unspecified atom stereocenters. The smallest absolute Gasteiger partial charge is 0.263 e. The molecule has 6 heteroatoms. The van der Waals surface area contributed by atoms with E-state index in [1.54, 1.807) is 12.1 Å². The minimum Gasteiger partial charge on any atom is -0.338 e. The van der Waals surface area contributed by atoms with E-state index in [2.05, 4.69) is 0 Å². The van der Waals surface area contributed by atoms with Crippen molar-refractivity contribution < 1.29 is 4.79 Å². The van der Waals surface area contributed by atoms with E-state index in [-0.39, 0.29) is 18.3 Å². The molecule has 1 aliphatic rings. The van der Waals surface area contributed by atoms with Gasteiger partial charge < -0.3 is 10.6 Å². The van der Waals surface area contributed by atoms with Crippen LogP contribution in [0.2, 0.25) is 4.34 Å². The van der Waals surface area contributed by atoms with Gasteiger partial charge >= 0.3 is 0 Å². The number of carbonyl (C=O) groups excluding carboxylic acids is 1. The molecule has 2 rings (SSSR count). The molecule has 0 aromatic carbocycles. The van der Waals surface area contributed by atoms with Crippen LogP contribution in [0.15, 0.2) is 12.1 Å². The Morgan fingerprint density at radius 3 is 2.59 bits per heavy atom. The first-order chi connectivity index (χ1) is 7.70. The Labute approximate surface area is 116 Å². The highest BCUT2D eigenvalue weighted by Gasteiger charge is 2.23. The molecule has 3 nitrogen and oxygen atoms in total. The average Bonchev–Trinajstić information content (AvgIpc) is 2.75. The zero-order valence-electron chi connectivity index (χ0n) is 9.39. The first-order valence-corrected chi connectivity index (χ1v) is 6.65. The van der Waals surface area contributed by atoms with Gasteiger partial charge in [0.1, 0.15) is 0 Å². The summed E-state index contributed by atoms with van der Waals surface area (Å²) in [5, 5.41) is 0. The number of halogens is 2. The van der Waals surface area contributed by atoms with E-state index in [0.29, 0.717) is 10.3 Å². The van der Waals surface area contributed by atoms with Crippen LogP contribution >= 0.6 is 35.3 Å². The number of nitrogens with two attached hydrogens (primary N) is 1. The summed E-state index contributed by atoms with van der Waals surface area (Å²) < 4.78 is 0.667. The van der Waals surface area contributed by atoms with Crippen molar-refractivity contribution in [1.82, 2.24) is 4.90 Å². The van der Waals surface area contributed by atoms with Crippen LogP contribution in [0.1, 0.15) is 22.5 Å². The molecule has 2 heterocycles. The van der Waals surface area contributed by atoms with Gasteiger partial charge in [0.05, 0.1) is 9.21 Å². The molecular formula is C11H16Cl2N2OS. The van der Waals surface area contributed by atoms with Gasteiger partial charge in [-0.25, -0.2) is 0 Å². The van der Waals surface area contributed by atoms with E-state index in [9.17, 15) is 4.79 Å². The Morgan fingerprint density at radius 1 is 1.47 bits per heavy atom. The lowest BCUT2D eigenvalue weighted by Gasteiger charge is -2.31. The molecule has 2 N–H and O–H groups in total. The highest BCUT2D eigenvalue weighted by molar-refractivity contribution is 7.17. The Balaban J connectivity index is 0.00000144. The second kappa shape index (κ2) is 6.59. The summed E-state index contributed by atoms with van der Waals surface area (Å²) >= 11 is 7.17. The van der Waals surface area contributed by atoms with Crippen LogP contribution in [-0.2, 0) is 0 Å². The van der Waals surface area contributed by atoms with E-state index in [0.717, 1.165) is 37.4 Å². The first-order valence-electron chi connectivity index (χ1n) is 5.45. The predicted molar refractivity (Wildman–Crippen MR) is 74.3 cm³/mol. The fourth-order valence-corrected chi connectivity index (χ4v) is 2.97. The molecule has 0 aliphatic carbocycles. The number of hydrogen-bond acceptors (Lipinski definition) is 3. The number of likely N-dealkylation sites (tertiary alicyclic amines) is 1. The van der Waals surface area contributed by atoms with Crippen LogP contribution in [0.4, 0.5) is 0 Å². The lowest BCUT2D eigenvalue weighted by Crippen LogP contribution is -2.39. The van der Waals surface area contributed by atoms with E-state index in [1.165, 1.54) is 11.3 Å². The first kappa shape index (κ1) is 14.8. The van der Waals surface area contributed by atoms with E-state index in [1.807, 2.05) is 4.90 Å². The maximum atomic E-state index is 12.1. The molecule has 1 aliphatic heterocycles. The molecule has 0 spiro atoms. The monoisotopic (exact) mass is 294 g/mol. The Kier molecular flexibility index (Phi) is 5.73. The van der Waals surface area contributed by atoms with Crippen LogP contribution in [0.25, 0.3) is 0 Å². The number of thiophene rings is 1. The standard InChI is InChI=1S/C11H15ClN2OS.ClH/c12-10-2-1-9(16-10)11(15)14-5-3-8(7-13)4-6-14;/h1-2,8H,3-7,13H2;1H. The minimum atomic E-state index is 0. The van der Waals surface area contributed by atoms with Crippen molar-refractivity contribution in [2.24, 2.45) is 11.7 Å². The summed E-state index contributed by atoms with van der Waals surface area (Å²) in [6.07, 6.45) is 2.03. The number of rotatable bonds is 2. The fraction of sp³-hybridized carbons (Fsp3) is 0.545. The van der Waals surface area contributed by atoms with Crippen molar-refractivity contribution in [3.63, 3.8) is 0 Å². The fourth-order valence-electron chi connectivity index (χ4n) is 1.96. The molecule has 0 saturated carbocycles. The van der Waals surface area contributed by atoms with Gasteiger partial charge in [-0.3, -0.25) is 4.79 Å². The maximum Gasteiger partial charge on any atom is 0.263 e. The highest BCUT2D eigenvalue weighted by atomic mass is 35.5. The third-order valence-electron chi connectivity index (χ3n) is 3.02. The summed E-state index contributed by atoms with van der Waals surface area (Å²) in [6, 6.07) is 3.57. The summed E-state index contributed by atoms with van der Waals surface area (Å²) in [6.45, 7) is 2.36. The van der Waals surface area contributed by atoms with Gasteiger partial charge in [-0.2, -0.15) is 0 Å². The molecule has 96 valence electrons. The van der Waals surface area contributed by atoms with Gasteiger partial charge in [0.25, 0.3) is 5.91 Å². The van der Waals surface area contributed by atoms with Crippen molar-refractivity contribution in [3.8, 4) is 0 Å². The third kappa shape index (κ3) is 3.58. The average molecular weight is 295 g/mol. The van der Waals surface area contributed by atoms with Gasteiger partial charge in [-0.05, 0) is 37.4 Å². The van der Waals surface area contributed by atoms with Crippen LogP contribution < -0.4 is 5.73 Å². The molecule has 1 aromatic heterocycles. The second-order valence-electron chi connectivity index (χ2n) is 4.08. The van der Waals surface area contributed by atoms with Gasteiger partial charge in [0.2, 0.25) is 0 Å². The van der Waals surface area contributed by atoms with Crippen LogP contribution in [0.3, 0.4) is 0 Å². The van der Waals surface area contributed by atoms with E-state index in [4.69, 9.17) is 17.3 Å². The van der Waals surface area contributed by atoms with Crippen LogP contribution in [0, 0.1) is 5.92 Å².